The highest BCUT2D eigenvalue weighted by Crippen LogP contribution is 2.26. The molecule has 0 atom stereocenters. The van der Waals surface area contributed by atoms with Gasteiger partial charge in [0, 0.05) is 12.2 Å². The van der Waals surface area contributed by atoms with Crippen molar-refractivity contribution in [1.29, 1.82) is 0 Å². The molecular weight excluding hydrogens is 480 g/mol. The van der Waals surface area contributed by atoms with E-state index in [0.29, 0.717) is 23.7 Å². The monoisotopic (exact) mass is 502 g/mol. The fourth-order valence-corrected chi connectivity index (χ4v) is 5.07. The Balaban J connectivity index is 1.66. The molecule has 1 N–H and O–H groups in total. The van der Waals surface area contributed by atoms with Crippen molar-refractivity contribution >= 4 is 43.2 Å². The number of ether oxygens (including phenoxy) is 1. The average molecular weight is 503 g/mol. The van der Waals surface area contributed by atoms with Gasteiger partial charge in [0.05, 0.1) is 15.1 Å². The van der Waals surface area contributed by atoms with Gasteiger partial charge in [-0.25, -0.2) is 8.42 Å². The molecule has 31 heavy (non-hydrogen) atoms. The van der Waals surface area contributed by atoms with E-state index in [9.17, 15) is 13.2 Å². The summed E-state index contributed by atoms with van der Waals surface area (Å²) in [6.07, 6.45) is 0. The lowest BCUT2D eigenvalue weighted by atomic mass is 10.2. The van der Waals surface area contributed by atoms with Crippen LogP contribution in [0.15, 0.2) is 82.2 Å². The van der Waals surface area contributed by atoms with Gasteiger partial charge in [-0.1, -0.05) is 24.3 Å². The quantitative estimate of drug-likeness (QED) is 0.470. The van der Waals surface area contributed by atoms with Gasteiger partial charge in [0.1, 0.15) is 5.75 Å². The summed E-state index contributed by atoms with van der Waals surface area (Å²) < 4.78 is 33.7. The van der Waals surface area contributed by atoms with E-state index in [-0.39, 0.29) is 17.4 Å². The molecule has 0 bridgehead atoms. The summed E-state index contributed by atoms with van der Waals surface area (Å²) in [6.45, 7) is 3.88. The van der Waals surface area contributed by atoms with Crippen LogP contribution in [0.2, 0.25) is 0 Å². The van der Waals surface area contributed by atoms with E-state index >= 15 is 0 Å². The normalized spacial score (nSPS) is 11.1. The fraction of sp³-hybridized carbons (Fsp3) is 0.174. The van der Waals surface area contributed by atoms with E-state index in [4.69, 9.17) is 4.74 Å². The molecule has 0 spiro atoms. The van der Waals surface area contributed by atoms with E-state index in [1.165, 1.54) is 16.4 Å². The third-order valence-corrected chi connectivity index (χ3v) is 7.04. The SMILES string of the molecule is CCN(c1ccccc1)S(=O)(=O)c1ccc(NC(=O)COc2ccc(C)cc2Br)cc1. The minimum Gasteiger partial charge on any atom is -0.483 e. The zero-order valence-electron chi connectivity index (χ0n) is 17.2. The Labute approximate surface area is 191 Å². The van der Waals surface area contributed by atoms with Crippen molar-refractivity contribution in [3.63, 3.8) is 0 Å². The predicted molar refractivity (Wildman–Crippen MR) is 126 cm³/mol. The average Bonchev–Trinajstić information content (AvgIpc) is 2.74. The molecule has 0 radical (unpaired) electrons. The van der Waals surface area contributed by atoms with Gasteiger partial charge in [0.2, 0.25) is 0 Å². The molecule has 3 aromatic rings. The Morgan fingerprint density at radius 2 is 1.71 bits per heavy atom. The second-order valence-corrected chi connectivity index (χ2v) is 9.52. The third kappa shape index (κ3) is 5.65. The largest absolute Gasteiger partial charge is 0.483 e. The lowest BCUT2D eigenvalue weighted by Gasteiger charge is -2.23. The molecule has 8 heteroatoms. The van der Waals surface area contributed by atoms with Crippen LogP contribution in [0.3, 0.4) is 0 Å². The number of hydrogen-bond acceptors (Lipinski definition) is 4. The zero-order chi connectivity index (χ0) is 22.4. The molecule has 0 aliphatic carbocycles. The summed E-state index contributed by atoms with van der Waals surface area (Å²) in [6, 6.07) is 20.6. The number of nitrogens with one attached hydrogen (secondary N) is 1. The molecule has 0 heterocycles. The number of halogens is 1. The number of para-hydroxylation sites is 1. The van der Waals surface area contributed by atoms with Crippen LogP contribution in [0.5, 0.6) is 5.75 Å². The van der Waals surface area contributed by atoms with Gasteiger partial charge in [-0.3, -0.25) is 9.10 Å². The third-order valence-electron chi connectivity index (χ3n) is 4.50. The molecule has 1 amide bonds. The van der Waals surface area contributed by atoms with Crippen LogP contribution >= 0.6 is 15.9 Å². The van der Waals surface area contributed by atoms with Gasteiger partial charge in [0.25, 0.3) is 15.9 Å². The van der Waals surface area contributed by atoms with Gasteiger partial charge in [-0.2, -0.15) is 0 Å². The molecule has 3 aromatic carbocycles. The van der Waals surface area contributed by atoms with E-state index in [1.54, 1.807) is 49.4 Å². The first-order valence-corrected chi connectivity index (χ1v) is 11.9. The summed E-state index contributed by atoms with van der Waals surface area (Å²) in [5.74, 6) is 0.227. The van der Waals surface area contributed by atoms with Gasteiger partial charge >= 0.3 is 0 Å². The van der Waals surface area contributed by atoms with Gasteiger partial charge < -0.3 is 10.1 Å². The van der Waals surface area contributed by atoms with Crippen LogP contribution in [-0.2, 0) is 14.8 Å². The van der Waals surface area contributed by atoms with Crippen LogP contribution in [0, 0.1) is 6.92 Å². The summed E-state index contributed by atoms with van der Waals surface area (Å²) in [5, 5.41) is 2.71. The molecule has 6 nitrogen and oxygen atoms in total. The van der Waals surface area contributed by atoms with Crippen molar-refractivity contribution < 1.29 is 17.9 Å². The number of carbonyl (C=O) groups is 1. The molecular formula is C23H23BrN2O4S. The first-order chi connectivity index (χ1) is 14.8. The number of rotatable bonds is 8. The number of anilines is 2. The Morgan fingerprint density at radius 1 is 1.03 bits per heavy atom. The topological polar surface area (TPSA) is 75.7 Å². The molecule has 0 aromatic heterocycles. The number of hydrogen-bond donors (Lipinski definition) is 1. The number of benzene rings is 3. The highest BCUT2D eigenvalue weighted by Gasteiger charge is 2.23. The van der Waals surface area contributed by atoms with Crippen LogP contribution < -0.4 is 14.4 Å². The maximum absolute atomic E-state index is 13.0. The second kappa shape index (κ2) is 9.98. The minimum atomic E-state index is -3.71. The summed E-state index contributed by atoms with van der Waals surface area (Å²) >= 11 is 3.41. The molecule has 0 saturated heterocycles. The van der Waals surface area contributed by atoms with Crippen LogP contribution in [-0.4, -0.2) is 27.5 Å². The van der Waals surface area contributed by atoms with Crippen molar-refractivity contribution in [3.8, 4) is 5.75 Å². The van der Waals surface area contributed by atoms with Gasteiger partial charge in [-0.05, 0) is 83.9 Å². The number of aryl methyl sites for hydroxylation is 1. The van der Waals surface area contributed by atoms with Gasteiger partial charge in [0.15, 0.2) is 6.61 Å². The van der Waals surface area contributed by atoms with Crippen molar-refractivity contribution in [3.05, 3.63) is 82.8 Å². The number of sulfonamides is 1. The van der Waals surface area contributed by atoms with Crippen molar-refractivity contribution in [2.24, 2.45) is 0 Å². The first kappa shape index (κ1) is 22.8. The predicted octanol–water partition coefficient (Wildman–Crippen LogP) is 4.99. The van der Waals surface area contributed by atoms with Crippen LogP contribution in [0.1, 0.15) is 12.5 Å². The summed E-state index contributed by atoms with van der Waals surface area (Å²) in [5.41, 5.74) is 2.16. The first-order valence-electron chi connectivity index (χ1n) is 9.68. The van der Waals surface area contributed by atoms with Crippen molar-refractivity contribution in [2.45, 2.75) is 18.7 Å². The molecule has 0 aliphatic rings. The molecule has 0 unspecified atom stereocenters. The Hall–Kier alpha value is -2.84. The number of nitrogens with zero attached hydrogens (tertiary/aromatic N) is 1. The highest BCUT2D eigenvalue weighted by atomic mass is 79.9. The maximum atomic E-state index is 13.0. The molecule has 0 aliphatic heterocycles. The zero-order valence-corrected chi connectivity index (χ0v) is 19.6. The van der Waals surface area contributed by atoms with E-state index < -0.39 is 10.0 Å². The Bertz CT molecular complexity index is 1150. The van der Waals surface area contributed by atoms with Crippen molar-refractivity contribution in [1.82, 2.24) is 0 Å². The molecule has 0 saturated carbocycles. The lowest BCUT2D eigenvalue weighted by molar-refractivity contribution is -0.118. The van der Waals surface area contributed by atoms with Gasteiger partial charge in [-0.15, -0.1) is 0 Å². The highest BCUT2D eigenvalue weighted by molar-refractivity contribution is 9.10. The fourth-order valence-electron chi connectivity index (χ4n) is 2.99. The summed E-state index contributed by atoms with van der Waals surface area (Å²) in [4.78, 5) is 12.4. The van der Waals surface area contributed by atoms with Crippen LogP contribution in [0.4, 0.5) is 11.4 Å². The number of amides is 1. The summed E-state index contributed by atoms with van der Waals surface area (Å²) in [7, 11) is -3.71. The van der Waals surface area contributed by atoms with E-state index in [2.05, 4.69) is 21.2 Å². The maximum Gasteiger partial charge on any atom is 0.264 e. The van der Waals surface area contributed by atoms with E-state index in [0.717, 1.165) is 10.0 Å². The lowest BCUT2D eigenvalue weighted by Crippen LogP contribution is -2.30. The standard InChI is InChI=1S/C23H23BrN2O4S/c1-3-26(19-7-5-4-6-8-19)31(28,29)20-12-10-18(11-13-20)25-23(27)16-30-22-14-9-17(2)15-21(22)24/h4-15H,3,16H2,1-2H3,(H,25,27). The minimum absolute atomic E-state index is 0.149. The van der Waals surface area contributed by atoms with Crippen molar-refractivity contribution in [2.75, 3.05) is 22.8 Å². The molecule has 0 fully saturated rings. The second-order valence-electron chi connectivity index (χ2n) is 6.80. The number of carbonyl (C=O) groups excluding carboxylic acids is 1. The Morgan fingerprint density at radius 3 is 2.32 bits per heavy atom. The van der Waals surface area contributed by atoms with E-state index in [1.807, 2.05) is 25.1 Å². The smallest absolute Gasteiger partial charge is 0.264 e. The Kier molecular flexibility index (Phi) is 7.35. The molecule has 162 valence electrons. The molecule has 3 rings (SSSR count). The van der Waals surface area contributed by atoms with Crippen LogP contribution in [0.25, 0.3) is 0 Å².